The molecule has 0 bridgehead atoms. The Hall–Kier alpha value is -3.07. The number of rotatable bonds is 3. The summed E-state index contributed by atoms with van der Waals surface area (Å²) in [6.07, 6.45) is 0.807. The molecule has 0 fully saturated rings. The van der Waals surface area contributed by atoms with Crippen LogP contribution in [0.25, 0.3) is 22.4 Å². The van der Waals surface area contributed by atoms with E-state index in [1.807, 2.05) is 55.5 Å². The Labute approximate surface area is 141 Å². The third kappa shape index (κ3) is 2.88. The van der Waals surface area contributed by atoms with Gasteiger partial charge in [-0.2, -0.15) is 0 Å². The fourth-order valence-corrected chi connectivity index (χ4v) is 2.86. The van der Waals surface area contributed by atoms with E-state index >= 15 is 0 Å². The number of nitrogens with zero attached hydrogens (tertiary/aromatic N) is 3. The Bertz CT molecular complexity index is 994. The molecule has 0 atom stereocenters. The standard InChI is InChI=1S/C21H17N3/c1-15-18-11-5-6-12-19(18)24-21(22-15)20-13-7-10-17(23-20)14-16-8-3-2-4-9-16/h2-13H,14H2,1H3. The molecule has 2 aromatic heterocycles. The predicted molar refractivity (Wildman–Crippen MR) is 96.8 cm³/mol. The molecule has 0 unspecified atom stereocenters. The molecule has 2 aromatic carbocycles. The lowest BCUT2D eigenvalue weighted by Crippen LogP contribution is -1.98. The van der Waals surface area contributed by atoms with Gasteiger partial charge >= 0.3 is 0 Å². The normalized spacial score (nSPS) is 10.9. The fourth-order valence-electron chi connectivity index (χ4n) is 2.86. The SMILES string of the molecule is Cc1nc(-c2cccc(Cc3ccccc3)n2)nc2ccccc12. The Kier molecular flexibility index (Phi) is 3.75. The van der Waals surface area contributed by atoms with E-state index in [0.29, 0.717) is 5.82 Å². The highest BCUT2D eigenvalue weighted by atomic mass is 14.9. The molecule has 0 spiro atoms. The zero-order valence-corrected chi connectivity index (χ0v) is 13.5. The van der Waals surface area contributed by atoms with Crippen molar-refractivity contribution >= 4 is 10.9 Å². The molecule has 24 heavy (non-hydrogen) atoms. The van der Waals surface area contributed by atoms with Crippen molar-refractivity contribution in [1.29, 1.82) is 0 Å². The Morgan fingerprint density at radius 1 is 0.708 bits per heavy atom. The number of hydrogen-bond acceptors (Lipinski definition) is 3. The quantitative estimate of drug-likeness (QED) is 0.555. The molecule has 0 aliphatic heterocycles. The van der Waals surface area contributed by atoms with Crippen LogP contribution in [0.2, 0.25) is 0 Å². The van der Waals surface area contributed by atoms with Gasteiger partial charge in [0.05, 0.1) is 5.52 Å². The average molecular weight is 311 g/mol. The van der Waals surface area contributed by atoms with Crippen LogP contribution >= 0.6 is 0 Å². The van der Waals surface area contributed by atoms with Crippen LogP contribution in [-0.4, -0.2) is 15.0 Å². The molecule has 0 aliphatic rings. The van der Waals surface area contributed by atoms with Gasteiger partial charge in [-0.05, 0) is 30.7 Å². The number of aromatic nitrogens is 3. The largest absolute Gasteiger partial charge is 0.249 e. The molecule has 3 nitrogen and oxygen atoms in total. The second-order valence-corrected chi connectivity index (χ2v) is 5.83. The van der Waals surface area contributed by atoms with E-state index in [4.69, 9.17) is 4.98 Å². The number of fused-ring (bicyclic) bond motifs is 1. The van der Waals surface area contributed by atoms with Gasteiger partial charge in [-0.3, -0.25) is 0 Å². The van der Waals surface area contributed by atoms with Crippen LogP contribution in [0.5, 0.6) is 0 Å². The van der Waals surface area contributed by atoms with Gasteiger partial charge in [0.1, 0.15) is 5.69 Å². The Morgan fingerprint density at radius 3 is 2.38 bits per heavy atom. The first-order valence-electron chi connectivity index (χ1n) is 8.03. The van der Waals surface area contributed by atoms with Crippen molar-refractivity contribution in [3.05, 3.63) is 89.7 Å². The van der Waals surface area contributed by atoms with E-state index in [-0.39, 0.29) is 0 Å². The summed E-state index contributed by atoms with van der Waals surface area (Å²) in [6, 6.07) is 24.5. The van der Waals surface area contributed by atoms with Crippen molar-refractivity contribution < 1.29 is 0 Å². The van der Waals surface area contributed by atoms with Crippen LogP contribution in [0.4, 0.5) is 0 Å². The second kappa shape index (κ2) is 6.20. The zero-order valence-electron chi connectivity index (χ0n) is 13.5. The van der Waals surface area contributed by atoms with Gasteiger partial charge in [0, 0.05) is 23.2 Å². The molecular weight excluding hydrogens is 294 g/mol. The minimum Gasteiger partial charge on any atom is -0.249 e. The predicted octanol–water partition coefficient (Wildman–Crippen LogP) is 4.59. The van der Waals surface area contributed by atoms with Crippen LogP contribution < -0.4 is 0 Å². The fraction of sp³-hybridized carbons (Fsp3) is 0.0952. The molecule has 2 heterocycles. The highest BCUT2D eigenvalue weighted by Gasteiger charge is 2.08. The lowest BCUT2D eigenvalue weighted by molar-refractivity contribution is 1.05. The lowest BCUT2D eigenvalue weighted by Gasteiger charge is -2.07. The first kappa shape index (κ1) is 14.5. The molecule has 0 aliphatic carbocycles. The summed E-state index contributed by atoms with van der Waals surface area (Å²) < 4.78 is 0. The first-order valence-corrected chi connectivity index (χ1v) is 8.03. The van der Waals surface area contributed by atoms with Crippen LogP contribution in [0.15, 0.2) is 72.8 Å². The summed E-state index contributed by atoms with van der Waals surface area (Å²) >= 11 is 0. The van der Waals surface area contributed by atoms with E-state index < -0.39 is 0 Å². The molecule has 116 valence electrons. The summed E-state index contributed by atoms with van der Waals surface area (Å²) in [5.74, 6) is 0.682. The smallest absolute Gasteiger partial charge is 0.178 e. The topological polar surface area (TPSA) is 38.7 Å². The van der Waals surface area contributed by atoms with E-state index in [2.05, 4.69) is 34.2 Å². The van der Waals surface area contributed by atoms with Crippen LogP contribution in [0.1, 0.15) is 17.0 Å². The maximum Gasteiger partial charge on any atom is 0.178 e. The monoisotopic (exact) mass is 311 g/mol. The molecule has 0 saturated heterocycles. The molecular formula is C21H17N3. The van der Waals surface area contributed by atoms with Gasteiger partial charge in [-0.1, -0.05) is 54.6 Å². The van der Waals surface area contributed by atoms with Crippen molar-refractivity contribution in [3.8, 4) is 11.5 Å². The van der Waals surface area contributed by atoms with E-state index in [1.165, 1.54) is 5.56 Å². The molecule has 4 aromatic rings. The summed E-state index contributed by atoms with van der Waals surface area (Å²) in [5.41, 5.74) is 5.02. The molecule has 3 heteroatoms. The highest BCUT2D eigenvalue weighted by Crippen LogP contribution is 2.20. The average Bonchev–Trinajstić information content (AvgIpc) is 2.63. The minimum absolute atomic E-state index is 0.682. The van der Waals surface area contributed by atoms with Crippen molar-refractivity contribution in [1.82, 2.24) is 15.0 Å². The molecule has 4 rings (SSSR count). The van der Waals surface area contributed by atoms with Gasteiger partial charge in [-0.15, -0.1) is 0 Å². The third-order valence-electron chi connectivity index (χ3n) is 4.06. The van der Waals surface area contributed by atoms with Crippen LogP contribution in [-0.2, 0) is 6.42 Å². The maximum atomic E-state index is 4.76. The highest BCUT2D eigenvalue weighted by molar-refractivity contribution is 5.82. The van der Waals surface area contributed by atoms with Crippen molar-refractivity contribution in [2.24, 2.45) is 0 Å². The zero-order chi connectivity index (χ0) is 16.4. The molecule has 0 N–H and O–H groups in total. The van der Waals surface area contributed by atoms with Crippen molar-refractivity contribution in [2.45, 2.75) is 13.3 Å². The van der Waals surface area contributed by atoms with Crippen LogP contribution in [0, 0.1) is 6.92 Å². The summed E-state index contributed by atoms with van der Waals surface area (Å²) in [4.78, 5) is 14.1. The minimum atomic E-state index is 0.682. The van der Waals surface area contributed by atoms with Gasteiger partial charge in [-0.25, -0.2) is 15.0 Å². The van der Waals surface area contributed by atoms with E-state index in [0.717, 1.165) is 34.4 Å². The number of hydrogen-bond donors (Lipinski definition) is 0. The van der Waals surface area contributed by atoms with Crippen molar-refractivity contribution in [2.75, 3.05) is 0 Å². The van der Waals surface area contributed by atoms with Gasteiger partial charge in [0.15, 0.2) is 5.82 Å². The maximum absolute atomic E-state index is 4.76. The lowest BCUT2D eigenvalue weighted by atomic mass is 10.1. The van der Waals surface area contributed by atoms with E-state index in [9.17, 15) is 0 Å². The number of pyridine rings is 1. The Balaban J connectivity index is 1.73. The molecule has 0 radical (unpaired) electrons. The molecule has 0 amide bonds. The third-order valence-corrected chi connectivity index (χ3v) is 4.06. The number of para-hydroxylation sites is 1. The summed E-state index contributed by atoms with van der Waals surface area (Å²) in [5, 5.41) is 1.08. The van der Waals surface area contributed by atoms with Gasteiger partial charge in [0.2, 0.25) is 0 Å². The first-order chi connectivity index (χ1) is 11.8. The number of benzene rings is 2. The van der Waals surface area contributed by atoms with Gasteiger partial charge in [0.25, 0.3) is 0 Å². The van der Waals surface area contributed by atoms with Gasteiger partial charge < -0.3 is 0 Å². The van der Waals surface area contributed by atoms with Crippen LogP contribution in [0.3, 0.4) is 0 Å². The second-order valence-electron chi connectivity index (χ2n) is 5.83. The Morgan fingerprint density at radius 2 is 1.50 bits per heavy atom. The molecule has 0 saturated carbocycles. The van der Waals surface area contributed by atoms with E-state index in [1.54, 1.807) is 0 Å². The van der Waals surface area contributed by atoms with Crippen molar-refractivity contribution in [3.63, 3.8) is 0 Å². The number of aryl methyl sites for hydroxylation is 1. The summed E-state index contributed by atoms with van der Waals surface area (Å²) in [6.45, 7) is 2.02. The summed E-state index contributed by atoms with van der Waals surface area (Å²) in [7, 11) is 0.